The first-order valence-electron chi connectivity index (χ1n) is 5.44. The molecule has 3 nitrogen and oxygen atoms in total. The van der Waals surface area contributed by atoms with Crippen molar-refractivity contribution in [1.82, 2.24) is 4.98 Å². The Morgan fingerprint density at radius 2 is 2.06 bits per heavy atom. The molecule has 1 atom stereocenters. The van der Waals surface area contributed by atoms with E-state index in [1.54, 1.807) is 25.4 Å². The predicted octanol–water partition coefficient (Wildman–Crippen LogP) is 2.80. The van der Waals surface area contributed by atoms with Gasteiger partial charge in [-0.15, -0.1) is 11.3 Å². The Morgan fingerprint density at radius 3 is 2.59 bits per heavy atom. The number of rotatable bonds is 4. The van der Waals surface area contributed by atoms with Crippen LogP contribution in [-0.2, 0) is 6.42 Å². The molecule has 0 fully saturated rings. The van der Waals surface area contributed by atoms with Crippen LogP contribution in [0.4, 0.5) is 0 Å². The Hall–Kier alpha value is -1.39. The lowest BCUT2D eigenvalue weighted by Crippen LogP contribution is -1.93. The van der Waals surface area contributed by atoms with E-state index in [0.717, 1.165) is 22.9 Å². The van der Waals surface area contributed by atoms with E-state index < -0.39 is 6.10 Å². The maximum atomic E-state index is 9.40. The van der Waals surface area contributed by atoms with Crippen LogP contribution in [0, 0.1) is 0 Å². The van der Waals surface area contributed by atoms with Gasteiger partial charge in [0.05, 0.1) is 23.9 Å². The van der Waals surface area contributed by atoms with Crippen molar-refractivity contribution in [2.45, 2.75) is 19.4 Å². The second-order valence-corrected chi connectivity index (χ2v) is 4.81. The van der Waals surface area contributed by atoms with Crippen molar-refractivity contribution in [1.29, 1.82) is 0 Å². The minimum absolute atomic E-state index is 0.490. The molecular weight excluding hydrogens is 234 g/mol. The van der Waals surface area contributed by atoms with Gasteiger partial charge in [0.15, 0.2) is 0 Å². The fourth-order valence-corrected chi connectivity index (χ4v) is 2.43. The van der Waals surface area contributed by atoms with Gasteiger partial charge in [-0.3, -0.25) is 0 Å². The number of aliphatic hydroxyl groups is 1. The normalized spacial score (nSPS) is 12.4. The Labute approximate surface area is 105 Å². The Kier molecular flexibility index (Phi) is 3.76. The molecule has 0 amide bonds. The summed E-state index contributed by atoms with van der Waals surface area (Å²) in [5.41, 5.74) is 1.94. The number of aromatic nitrogens is 1. The van der Waals surface area contributed by atoms with Gasteiger partial charge in [-0.05, 0) is 24.6 Å². The lowest BCUT2D eigenvalue weighted by molar-refractivity contribution is 0.195. The van der Waals surface area contributed by atoms with E-state index in [9.17, 15) is 5.11 Å². The SMILES string of the molecule is COc1ccc(Cc2nc(C(C)O)cs2)cc1. The number of nitrogens with zero attached hydrogens (tertiary/aromatic N) is 1. The van der Waals surface area contributed by atoms with Gasteiger partial charge >= 0.3 is 0 Å². The summed E-state index contributed by atoms with van der Waals surface area (Å²) in [5, 5.41) is 12.3. The number of methoxy groups -OCH3 is 1. The first kappa shape index (κ1) is 12.1. The maximum Gasteiger partial charge on any atom is 0.118 e. The highest BCUT2D eigenvalue weighted by molar-refractivity contribution is 7.09. The summed E-state index contributed by atoms with van der Waals surface area (Å²) >= 11 is 1.58. The smallest absolute Gasteiger partial charge is 0.118 e. The third kappa shape index (κ3) is 3.05. The van der Waals surface area contributed by atoms with Gasteiger partial charge in [0.1, 0.15) is 5.75 Å². The first-order valence-corrected chi connectivity index (χ1v) is 6.32. The minimum Gasteiger partial charge on any atom is -0.497 e. The van der Waals surface area contributed by atoms with E-state index in [-0.39, 0.29) is 0 Å². The average molecular weight is 249 g/mol. The molecule has 2 aromatic rings. The van der Waals surface area contributed by atoms with E-state index in [0.29, 0.717) is 0 Å². The third-order valence-corrected chi connectivity index (χ3v) is 3.38. The van der Waals surface area contributed by atoms with Gasteiger partial charge in [-0.1, -0.05) is 12.1 Å². The zero-order valence-electron chi connectivity index (χ0n) is 9.88. The molecule has 4 heteroatoms. The van der Waals surface area contributed by atoms with E-state index in [2.05, 4.69) is 4.98 Å². The van der Waals surface area contributed by atoms with Crippen LogP contribution in [0.2, 0.25) is 0 Å². The summed E-state index contributed by atoms with van der Waals surface area (Å²) < 4.78 is 5.11. The van der Waals surface area contributed by atoms with Crippen LogP contribution in [-0.4, -0.2) is 17.2 Å². The molecular formula is C13H15NO2S. The standard InChI is InChI=1S/C13H15NO2S/c1-9(15)12-8-17-13(14-12)7-10-3-5-11(16-2)6-4-10/h3-6,8-9,15H,7H2,1-2H3. The minimum atomic E-state index is -0.490. The zero-order chi connectivity index (χ0) is 12.3. The lowest BCUT2D eigenvalue weighted by Gasteiger charge is -2.01. The third-order valence-electron chi connectivity index (χ3n) is 2.51. The highest BCUT2D eigenvalue weighted by Crippen LogP contribution is 2.20. The summed E-state index contributed by atoms with van der Waals surface area (Å²) in [5.74, 6) is 0.859. The molecule has 1 N–H and O–H groups in total. The van der Waals surface area contributed by atoms with Crippen LogP contribution in [0.25, 0.3) is 0 Å². The molecule has 0 bridgehead atoms. The van der Waals surface area contributed by atoms with Gasteiger partial charge in [0, 0.05) is 11.8 Å². The number of hydrogen-bond acceptors (Lipinski definition) is 4. The number of ether oxygens (including phenoxy) is 1. The van der Waals surface area contributed by atoms with Crippen molar-refractivity contribution in [3.05, 3.63) is 45.9 Å². The molecule has 0 aliphatic carbocycles. The lowest BCUT2D eigenvalue weighted by atomic mass is 10.1. The van der Waals surface area contributed by atoms with Crippen LogP contribution >= 0.6 is 11.3 Å². The molecule has 0 saturated carbocycles. The second-order valence-electron chi connectivity index (χ2n) is 3.87. The van der Waals surface area contributed by atoms with Gasteiger partial charge in [-0.2, -0.15) is 0 Å². The van der Waals surface area contributed by atoms with Crippen molar-refractivity contribution in [2.24, 2.45) is 0 Å². The van der Waals surface area contributed by atoms with Crippen molar-refractivity contribution in [2.75, 3.05) is 7.11 Å². The number of aliphatic hydroxyl groups excluding tert-OH is 1. The zero-order valence-corrected chi connectivity index (χ0v) is 10.7. The van der Waals surface area contributed by atoms with E-state index in [1.165, 1.54) is 5.56 Å². The van der Waals surface area contributed by atoms with Gasteiger partial charge in [-0.25, -0.2) is 4.98 Å². The highest BCUT2D eigenvalue weighted by atomic mass is 32.1. The van der Waals surface area contributed by atoms with Crippen LogP contribution in [0.5, 0.6) is 5.75 Å². The van der Waals surface area contributed by atoms with Gasteiger partial charge in [0.2, 0.25) is 0 Å². The summed E-state index contributed by atoms with van der Waals surface area (Å²) in [6, 6.07) is 7.95. The number of hydrogen-bond donors (Lipinski definition) is 1. The van der Waals surface area contributed by atoms with Crippen molar-refractivity contribution in [3.63, 3.8) is 0 Å². The molecule has 0 aliphatic heterocycles. The van der Waals surface area contributed by atoms with Gasteiger partial charge in [0.25, 0.3) is 0 Å². The van der Waals surface area contributed by atoms with Crippen LogP contribution in [0.1, 0.15) is 29.3 Å². The van der Waals surface area contributed by atoms with Crippen molar-refractivity contribution in [3.8, 4) is 5.75 Å². The molecule has 2 rings (SSSR count). The summed E-state index contributed by atoms with van der Waals surface area (Å²) in [7, 11) is 1.66. The molecule has 0 spiro atoms. The highest BCUT2D eigenvalue weighted by Gasteiger charge is 2.07. The predicted molar refractivity (Wildman–Crippen MR) is 68.5 cm³/mol. The Bertz CT molecular complexity index is 476. The Morgan fingerprint density at radius 1 is 1.35 bits per heavy atom. The fraction of sp³-hybridized carbons (Fsp3) is 0.308. The topological polar surface area (TPSA) is 42.4 Å². The monoisotopic (exact) mass is 249 g/mol. The molecule has 1 aromatic heterocycles. The van der Waals surface area contributed by atoms with E-state index in [4.69, 9.17) is 4.74 Å². The summed E-state index contributed by atoms with van der Waals surface area (Å²) in [6.07, 6.45) is 0.303. The molecule has 0 radical (unpaired) electrons. The molecule has 90 valence electrons. The molecule has 1 heterocycles. The molecule has 1 unspecified atom stereocenters. The molecule has 0 saturated heterocycles. The van der Waals surface area contributed by atoms with E-state index in [1.807, 2.05) is 29.6 Å². The average Bonchev–Trinajstić information content (AvgIpc) is 2.79. The quantitative estimate of drug-likeness (QED) is 0.906. The molecule has 1 aromatic carbocycles. The molecule has 17 heavy (non-hydrogen) atoms. The summed E-state index contributed by atoms with van der Waals surface area (Å²) in [4.78, 5) is 4.38. The van der Waals surface area contributed by atoms with Crippen LogP contribution in [0.15, 0.2) is 29.6 Å². The summed E-state index contributed by atoms with van der Waals surface area (Å²) in [6.45, 7) is 1.73. The Balaban J connectivity index is 2.08. The second kappa shape index (κ2) is 5.29. The largest absolute Gasteiger partial charge is 0.497 e. The van der Waals surface area contributed by atoms with Crippen molar-refractivity contribution < 1.29 is 9.84 Å². The van der Waals surface area contributed by atoms with Crippen LogP contribution in [0.3, 0.4) is 0 Å². The fourth-order valence-electron chi connectivity index (χ4n) is 1.52. The van der Waals surface area contributed by atoms with Crippen LogP contribution < -0.4 is 4.74 Å². The van der Waals surface area contributed by atoms with Crippen molar-refractivity contribution >= 4 is 11.3 Å². The first-order chi connectivity index (χ1) is 8.19. The van der Waals surface area contributed by atoms with Gasteiger partial charge < -0.3 is 9.84 Å². The molecule has 0 aliphatic rings. The number of benzene rings is 1. The van der Waals surface area contributed by atoms with E-state index >= 15 is 0 Å². The maximum absolute atomic E-state index is 9.40. The number of thiazole rings is 1.